The van der Waals surface area contributed by atoms with Crippen molar-refractivity contribution in [2.24, 2.45) is 5.92 Å². The number of esters is 2. The van der Waals surface area contributed by atoms with Crippen LogP contribution in [0.1, 0.15) is 12.0 Å². The molecule has 1 atom stereocenters. The van der Waals surface area contributed by atoms with E-state index in [9.17, 15) is 9.59 Å². The summed E-state index contributed by atoms with van der Waals surface area (Å²) < 4.78 is 7.55. The Morgan fingerprint density at radius 2 is 1.70 bits per heavy atom. The lowest BCUT2D eigenvalue weighted by molar-refractivity contribution is -0.152. The first-order chi connectivity index (χ1) is 9.32. The maximum atomic E-state index is 11.8. The van der Waals surface area contributed by atoms with Crippen LogP contribution in [0.25, 0.3) is 0 Å². The molecule has 0 aliphatic rings. The molecule has 0 spiro atoms. The van der Waals surface area contributed by atoms with Crippen LogP contribution in [0, 0.1) is 5.92 Å². The van der Waals surface area contributed by atoms with Gasteiger partial charge in [-0.25, -0.2) is 0 Å². The highest BCUT2D eigenvalue weighted by atomic mass is 35.5. The Kier molecular flexibility index (Phi) is 6.11. The van der Waals surface area contributed by atoms with Crippen LogP contribution < -0.4 is 0 Å². The lowest BCUT2D eigenvalue weighted by Gasteiger charge is -2.27. The van der Waals surface area contributed by atoms with E-state index in [-0.39, 0.29) is 6.42 Å². The number of hydrogen-bond acceptors (Lipinski definition) is 4. The number of alkyl halides is 2. The van der Waals surface area contributed by atoms with E-state index in [1.54, 1.807) is 24.3 Å². The van der Waals surface area contributed by atoms with Gasteiger partial charge < -0.3 is 9.47 Å². The highest BCUT2D eigenvalue weighted by molar-refractivity contribution is 6.49. The summed E-state index contributed by atoms with van der Waals surface area (Å²) in [5.41, 5.74) is 0.435. The van der Waals surface area contributed by atoms with Crippen LogP contribution >= 0.6 is 34.8 Å². The second-order valence-corrected chi connectivity index (χ2v) is 5.81. The molecule has 0 aliphatic heterocycles. The topological polar surface area (TPSA) is 52.6 Å². The Morgan fingerprint density at radius 3 is 2.15 bits per heavy atom. The van der Waals surface area contributed by atoms with Gasteiger partial charge in [-0.3, -0.25) is 9.59 Å². The summed E-state index contributed by atoms with van der Waals surface area (Å²) in [4.78, 5) is 23.2. The lowest BCUT2D eigenvalue weighted by Crippen LogP contribution is -2.34. The molecule has 0 radical (unpaired) electrons. The highest BCUT2D eigenvalue weighted by Crippen LogP contribution is 2.43. The van der Waals surface area contributed by atoms with Crippen LogP contribution in [-0.2, 0) is 23.4 Å². The summed E-state index contributed by atoms with van der Waals surface area (Å²) in [5, 5.41) is 0.500. The molecule has 7 heteroatoms. The van der Waals surface area contributed by atoms with Crippen molar-refractivity contribution in [3.05, 3.63) is 34.9 Å². The maximum absolute atomic E-state index is 11.8. The third kappa shape index (κ3) is 4.01. The zero-order chi connectivity index (χ0) is 15.3. The van der Waals surface area contributed by atoms with E-state index in [4.69, 9.17) is 34.8 Å². The van der Waals surface area contributed by atoms with Gasteiger partial charge >= 0.3 is 11.9 Å². The first-order valence-corrected chi connectivity index (χ1v) is 6.74. The van der Waals surface area contributed by atoms with E-state index < -0.39 is 22.2 Å². The molecular weight excluding hydrogens is 326 g/mol. The van der Waals surface area contributed by atoms with Gasteiger partial charge in [0.1, 0.15) is 5.92 Å². The van der Waals surface area contributed by atoms with Crippen molar-refractivity contribution in [3.63, 3.8) is 0 Å². The molecule has 0 saturated heterocycles. The fraction of sp³-hybridized carbons (Fsp3) is 0.385. The number of carbonyl (C=O) groups excluding carboxylic acids is 2. The van der Waals surface area contributed by atoms with Crippen LogP contribution in [0.15, 0.2) is 24.3 Å². The van der Waals surface area contributed by atoms with E-state index in [0.717, 1.165) is 0 Å². The van der Waals surface area contributed by atoms with E-state index in [2.05, 4.69) is 9.47 Å². The summed E-state index contributed by atoms with van der Waals surface area (Å²) in [6.45, 7) is 0. The van der Waals surface area contributed by atoms with Gasteiger partial charge in [-0.15, -0.1) is 0 Å². The maximum Gasteiger partial charge on any atom is 0.312 e. The Bertz CT molecular complexity index is 485. The Hall–Kier alpha value is -0.970. The van der Waals surface area contributed by atoms with Crippen molar-refractivity contribution >= 4 is 46.7 Å². The minimum absolute atomic E-state index is 0.293. The number of halogens is 3. The quantitative estimate of drug-likeness (QED) is 0.610. The summed E-state index contributed by atoms with van der Waals surface area (Å²) in [6.07, 6.45) is -0.293. The molecule has 1 unspecified atom stereocenters. The zero-order valence-electron chi connectivity index (χ0n) is 10.9. The van der Waals surface area contributed by atoms with Crippen LogP contribution in [0.4, 0.5) is 0 Å². The van der Waals surface area contributed by atoms with Gasteiger partial charge in [0, 0.05) is 5.02 Å². The van der Waals surface area contributed by atoms with Gasteiger partial charge in [-0.2, -0.15) is 0 Å². The molecule has 1 aromatic carbocycles. The average Bonchev–Trinajstić information content (AvgIpc) is 2.43. The Balaban J connectivity index is 3.12. The molecule has 0 saturated carbocycles. The predicted octanol–water partition coefficient (Wildman–Crippen LogP) is 3.32. The average molecular weight is 340 g/mol. The molecule has 0 aliphatic carbocycles. The third-order valence-electron chi connectivity index (χ3n) is 2.75. The summed E-state index contributed by atoms with van der Waals surface area (Å²) >= 11 is 18.3. The fourth-order valence-corrected chi connectivity index (χ4v) is 2.34. The van der Waals surface area contributed by atoms with Crippen molar-refractivity contribution in [2.75, 3.05) is 14.2 Å². The SMILES string of the molecule is COC(=O)CC(C(=O)OC)C(Cl)(Cl)c1ccc(Cl)cc1. The molecule has 0 amide bonds. The van der Waals surface area contributed by atoms with Gasteiger partial charge in [0.25, 0.3) is 0 Å². The van der Waals surface area contributed by atoms with E-state index in [1.807, 2.05) is 0 Å². The van der Waals surface area contributed by atoms with Crippen molar-refractivity contribution < 1.29 is 19.1 Å². The van der Waals surface area contributed by atoms with Crippen molar-refractivity contribution in [1.29, 1.82) is 0 Å². The van der Waals surface area contributed by atoms with Gasteiger partial charge in [-0.05, 0) is 17.7 Å². The van der Waals surface area contributed by atoms with Gasteiger partial charge in [0.2, 0.25) is 0 Å². The second kappa shape index (κ2) is 7.16. The van der Waals surface area contributed by atoms with Crippen LogP contribution in [-0.4, -0.2) is 26.2 Å². The molecule has 1 aromatic rings. The fourth-order valence-electron chi connectivity index (χ4n) is 1.63. The van der Waals surface area contributed by atoms with Gasteiger partial charge in [0.15, 0.2) is 4.33 Å². The Morgan fingerprint density at radius 1 is 1.15 bits per heavy atom. The minimum atomic E-state index is -1.63. The summed E-state index contributed by atoms with van der Waals surface area (Å²) in [7, 11) is 2.40. The number of benzene rings is 1. The molecule has 0 fully saturated rings. The minimum Gasteiger partial charge on any atom is -0.469 e. The normalized spacial score (nSPS) is 12.7. The molecule has 0 heterocycles. The number of rotatable bonds is 5. The van der Waals surface area contributed by atoms with E-state index in [1.165, 1.54) is 14.2 Å². The standard InChI is InChI=1S/C13H13Cl3O4/c1-19-11(17)7-10(12(18)20-2)13(15,16)8-3-5-9(14)6-4-8/h3-6,10H,7H2,1-2H3. The zero-order valence-corrected chi connectivity index (χ0v) is 13.1. The molecular formula is C13H13Cl3O4. The number of methoxy groups -OCH3 is 2. The second-order valence-electron chi connectivity index (χ2n) is 3.99. The van der Waals surface area contributed by atoms with E-state index >= 15 is 0 Å². The molecule has 0 N–H and O–H groups in total. The number of carbonyl (C=O) groups is 2. The molecule has 0 bridgehead atoms. The first kappa shape index (κ1) is 17.1. The highest BCUT2D eigenvalue weighted by Gasteiger charge is 2.44. The Labute approximate surface area is 131 Å². The van der Waals surface area contributed by atoms with Crippen molar-refractivity contribution in [2.45, 2.75) is 10.8 Å². The van der Waals surface area contributed by atoms with Crippen molar-refractivity contribution in [1.82, 2.24) is 0 Å². The van der Waals surface area contributed by atoms with Gasteiger partial charge in [0.05, 0.1) is 20.6 Å². The predicted molar refractivity (Wildman–Crippen MR) is 77.0 cm³/mol. The van der Waals surface area contributed by atoms with Crippen LogP contribution in [0.5, 0.6) is 0 Å². The van der Waals surface area contributed by atoms with Crippen LogP contribution in [0.2, 0.25) is 5.02 Å². The molecule has 1 rings (SSSR count). The summed E-state index contributed by atoms with van der Waals surface area (Å²) in [6, 6.07) is 6.33. The lowest BCUT2D eigenvalue weighted by atomic mass is 9.95. The summed E-state index contributed by atoms with van der Waals surface area (Å²) in [5.74, 6) is -2.40. The molecule has 20 heavy (non-hydrogen) atoms. The largest absolute Gasteiger partial charge is 0.469 e. The molecule has 110 valence electrons. The van der Waals surface area contributed by atoms with E-state index in [0.29, 0.717) is 10.6 Å². The monoisotopic (exact) mass is 338 g/mol. The third-order valence-corrected chi connectivity index (χ3v) is 3.97. The van der Waals surface area contributed by atoms with Crippen molar-refractivity contribution in [3.8, 4) is 0 Å². The molecule has 0 aromatic heterocycles. The van der Waals surface area contributed by atoms with Crippen LogP contribution in [0.3, 0.4) is 0 Å². The van der Waals surface area contributed by atoms with Gasteiger partial charge in [-0.1, -0.05) is 46.9 Å². The molecule has 4 nitrogen and oxygen atoms in total. The first-order valence-electron chi connectivity index (χ1n) is 5.61. The smallest absolute Gasteiger partial charge is 0.312 e. The number of ether oxygens (including phenoxy) is 2. The number of hydrogen-bond donors (Lipinski definition) is 0.